The number of nitrogen functional groups attached to an aromatic ring is 1. The van der Waals surface area contributed by atoms with Gasteiger partial charge in [0.1, 0.15) is 11.9 Å². The largest absolute Gasteiger partial charge is 0.384 e. The molecule has 3 aliphatic rings. The Bertz CT molecular complexity index is 1690. The second kappa shape index (κ2) is 11.1. The molecule has 230 valence electrons. The first kappa shape index (κ1) is 29.9. The number of aryl methyl sites for hydroxylation is 1. The molecule has 3 amide bonds. The molecule has 44 heavy (non-hydrogen) atoms. The highest BCUT2D eigenvalue weighted by molar-refractivity contribution is 7.10. The number of rotatable bonds is 7. The predicted octanol–water partition coefficient (Wildman–Crippen LogP) is 3.41. The van der Waals surface area contributed by atoms with Crippen LogP contribution in [0.15, 0.2) is 47.8 Å². The summed E-state index contributed by atoms with van der Waals surface area (Å²) in [6, 6.07) is 9.07. The molecule has 0 unspecified atom stereocenters. The molecule has 5 N–H and O–H groups in total. The highest BCUT2D eigenvalue weighted by Gasteiger charge is 2.52. The number of ether oxygens (including phenoxy) is 2. The standard InChI is InChI=1S/C31H31F2N5O5S/c1-16-3-5-22-20(9-16)21-10-18(4-6-23(21)31(22,32)33)28(40)36-13-26(39)38-15-30(42-7-8-43-30)12-24(38)29(41)37-17(2)25-11-19(14-44-25)27(34)35/h3-6,9-11,14,17,24H,7-8,12-13,15H2,1-2H3,(H3,34,35)(H,36,40)(H,37,41)/t17-,24+/m1/s1. The number of hydrogen-bond acceptors (Lipinski definition) is 7. The third kappa shape index (κ3) is 5.24. The number of alkyl halides is 2. The normalized spacial score (nSPS) is 19.8. The first-order valence-electron chi connectivity index (χ1n) is 14.1. The SMILES string of the molecule is Cc1ccc2c(c1)-c1cc(C(=O)NCC(=O)N3CC4(C[C@H]3C(=O)N[C@H](C)c3cc(C(=N)N)cs3)OCCO4)ccc1C2(F)F. The highest BCUT2D eigenvalue weighted by Crippen LogP contribution is 2.51. The molecule has 2 atom stereocenters. The summed E-state index contributed by atoms with van der Waals surface area (Å²) in [5.74, 6) is -5.92. The molecule has 0 saturated carbocycles. The van der Waals surface area contributed by atoms with Gasteiger partial charge in [-0.15, -0.1) is 11.3 Å². The van der Waals surface area contributed by atoms with Gasteiger partial charge in [0.2, 0.25) is 11.8 Å². The Kier molecular flexibility index (Phi) is 7.50. The van der Waals surface area contributed by atoms with Crippen molar-refractivity contribution in [1.82, 2.24) is 15.5 Å². The van der Waals surface area contributed by atoms with Crippen LogP contribution in [-0.4, -0.2) is 66.6 Å². The van der Waals surface area contributed by atoms with Gasteiger partial charge < -0.3 is 30.7 Å². The van der Waals surface area contributed by atoms with Crippen LogP contribution in [-0.2, 0) is 25.0 Å². The number of fused-ring (bicyclic) bond motifs is 3. The van der Waals surface area contributed by atoms with Gasteiger partial charge in [0.25, 0.3) is 11.8 Å². The van der Waals surface area contributed by atoms with Crippen LogP contribution in [0.5, 0.6) is 0 Å². The molecule has 6 rings (SSSR count). The van der Waals surface area contributed by atoms with Gasteiger partial charge >= 0.3 is 0 Å². The molecule has 2 aromatic carbocycles. The monoisotopic (exact) mass is 623 g/mol. The third-order valence-electron chi connectivity index (χ3n) is 8.27. The molecule has 2 fully saturated rings. The molecule has 2 aliphatic heterocycles. The van der Waals surface area contributed by atoms with Crippen LogP contribution in [0.3, 0.4) is 0 Å². The van der Waals surface area contributed by atoms with Crippen LogP contribution >= 0.6 is 11.3 Å². The van der Waals surface area contributed by atoms with Crippen molar-refractivity contribution in [2.75, 3.05) is 26.3 Å². The molecule has 0 radical (unpaired) electrons. The summed E-state index contributed by atoms with van der Waals surface area (Å²) in [5, 5.41) is 14.8. The van der Waals surface area contributed by atoms with Crippen LogP contribution in [0.4, 0.5) is 8.78 Å². The van der Waals surface area contributed by atoms with Crippen molar-refractivity contribution in [3.05, 3.63) is 80.5 Å². The Labute approximate surface area is 256 Å². The summed E-state index contributed by atoms with van der Waals surface area (Å²) in [5.41, 5.74) is 7.43. The van der Waals surface area contributed by atoms with Gasteiger partial charge in [-0.1, -0.05) is 29.8 Å². The molecule has 0 bridgehead atoms. The Morgan fingerprint density at radius 1 is 1.09 bits per heavy atom. The molecule has 1 aliphatic carbocycles. The average molecular weight is 624 g/mol. The van der Waals surface area contributed by atoms with Crippen molar-refractivity contribution in [1.29, 1.82) is 5.41 Å². The molecule has 3 heterocycles. The summed E-state index contributed by atoms with van der Waals surface area (Å²) in [7, 11) is 0. The van der Waals surface area contributed by atoms with E-state index in [-0.39, 0.29) is 41.1 Å². The molecule has 1 aromatic heterocycles. The predicted molar refractivity (Wildman–Crippen MR) is 159 cm³/mol. The molecule has 1 spiro atoms. The number of carbonyl (C=O) groups excluding carboxylic acids is 3. The van der Waals surface area contributed by atoms with E-state index >= 15 is 8.78 Å². The lowest BCUT2D eigenvalue weighted by molar-refractivity contribution is -0.152. The zero-order valence-electron chi connectivity index (χ0n) is 24.0. The zero-order valence-corrected chi connectivity index (χ0v) is 24.9. The number of carbonyl (C=O) groups is 3. The maximum atomic E-state index is 15.0. The Morgan fingerprint density at radius 3 is 2.45 bits per heavy atom. The van der Waals surface area contributed by atoms with E-state index in [0.717, 1.165) is 10.4 Å². The third-order valence-corrected chi connectivity index (χ3v) is 9.38. The number of benzene rings is 2. The average Bonchev–Trinajstić information content (AvgIpc) is 3.78. The van der Waals surface area contributed by atoms with E-state index < -0.39 is 48.1 Å². The Balaban J connectivity index is 1.15. The van der Waals surface area contributed by atoms with Crippen molar-refractivity contribution in [3.8, 4) is 11.1 Å². The maximum absolute atomic E-state index is 15.0. The number of hydrogen-bond donors (Lipinski definition) is 4. The minimum absolute atomic E-state index is 0.00568. The highest BCUT2D eigenvalue weighted by atomic mass is 32.1. The van der Waals surface area contributed by atoms with Crippen LogP contribution in [0, 0.1) is 12.3 Å². The Hall–Kier alpha value is -4.20. The van der Waals surface area contributed by atoms with Gasteiger partial charge in [0.15, 0.2) is 5.79 Å². The molecule has 3 aromatic rings. The van der Waals surface area contributed by atoms with Crippen molar-refractivity contribution in [2.45, 2.75) is 44.1 Å². The first-order valence-corrected chi connectivity index (χ1v) is 15.0. The minimum Gasteiger partial charge on any atom is -0.384 e. The quantitative estimate of drug-likeness (QED) is 0.234. The smallest absolute Gasteiger partial charge is 0.299 e. The molecular weight excluding hydrogens is 592 g/mol. The van der Waals surface area contributed by atoms with Crippen LogP contribution in [0.25, 0.3) is 11.1 Å². The van der Waals surface area contributed by atoms with Gasteiger partial charge in [-0.25, -0.2) is 0 Å². The summed E-state index contributed by atoms with van der Waals surface area (Å²) in [6.45, 7) is 3.83. The van der Waals surface area contributed by atoms with E-state index in [9.17, 15) is 14.4 Å². The van der Waals surface area contributed by atoms with E-state index in [0.29, 0.717) is 24.3 Å². The second-order valence-corrected chi connectivity index (χ2v) is 12.2. The molecular formula is C31H31F2N5O5S. The fraction of sp³-hybridized carbons (Fsp3) is 0.355. The molecule has 2 saturated heterocycles. The summed E-state index contributed by atoms with van der Waals surface area (Å²) in [4.78, 5) is 42.1. The topological polar surface area (TPSA) is 147 Å². The van der Waals surface area contributed by atoms with E-state index in [1.807, 2.05) is 6.92 Å². The fourth-order valence-electron chi connectivity index (χ4n) is 5.98. The lowest BCUT2D eigenvalue weighted by Gasteiger charge is -2.25. The number of nitrogens with two attached hydrogens (primary N) is 1. The van der Waals surface area contributed by atoms with E-state index in [4.69, 9.17) is 20.6 Å². The summed E-state index contributed by atoms with van der Waals surface area (Å²) < 4.78 is 41.7. The minimum atomic E-state index is -3.17. The van der Waals surface area contributed by atoms with Crippen molar-refractivity contribution in [3.63, 3.8) is 0 Å². The van der Waals surface area contributed by atoms with Gasteiger partial charge in [0, 0.05) is 38.9 Å². The Morgan fingerprint density at radius 2 is 1.77 bits per heavy atom. The lowest BCUT2D eigenvalue weighted by atomic mass is 10.0. The number of likely N-dealkylation sites (tertiary alicyclic amines) is 1. The van der Waals surface area contributed by atoms with Crippen molar-refractivity contribution >= 4 is 34.9 Å². The zero-order chi connectivity index (χ0) is 31.4. The van der Waals surface area contributed by atoms with Gasteiger partial charge in [-0.2, -0.15) is 8.78 Å². The molecule has 10 nitrogen and oxygen atoms in total. The first-order chi connectivity index (χ1) is 20.9. The van der Waals surface area contributed by atoms with E-state index in [1.165, 1.54) is 40.5 Å². The van der Waals surface area contributed by atoms with Crippen molar-refractivity contribution < 1.29 is 32.6 Å². The van der Waals surface area contributed by atoms with Crippen LogP contribution in [0.2, 0.25) is 0 Å². The van der Waals surface area contributed by atoms with Gasteiger partial charge in [-0.3, -0.25) is 19.8 Å². The lowest BCUT2D eigenvalue weighted by Crippen LogP contribution is -2.49. The van der Waals surface area contributed by atoms with Crippen molar-refractivity contribution in [2.24, 2.45) is 5.73 Å². The van der Waals surface area contributed by atoms with Gasteiger partial charge in [0.05, 0.1) is 32.3 Å². The maximum Gasteiger partial charge on any atom is 0.299 e. The summed E-state index contributed by atoms with van der Waals surface area (Å²) in [6.07, 6.45) is 0.117. The number of amides is 3. The number of amidine groups is 1. The number of nitrogens with zero attached hydrogens (tertiary/aromatic N) is 1. The second-order valence-electron chi connectivity index (χ2n) is 11.3. The number of halogens is 2. The number of nitrogens with one attached hydrogen (secondary N) is 3. The number of thiophene rings is 1. The van der Waals surface area contributed by atoms with Gasteiger partial charge in [-0.05, 0) is 43.2 Å². The van der Waals surface area contributed by atoms with E-state index in [1.54, 1.807) is 30.5 Å². The van der Waals surface area contributed by atoms with Crippen LogP contribution < -0.4 is 16.4 Å². The fourth-order valence-corrected chi connectivity index (χ4v) is 6.90. The molecule has 13 heteroatoms. The van der Waals surface area contributed by atoms with Crippen LogP contribution in [0.1, 0.15) is 56.9 Å². The summed E-state index contributed by atoms with van der Waals surface area (Å²) >= 11 is 1.36. The van der Waals surface area contributed by atoms with E-state index in [2.05, 4.69) is 10.6 Å².